The van der Waals surface area contributed by atoms with Crippen LogP contribution in [-0.2, 0) is 4.74 Å². The molecule has 196 valence electrons. The molecule has 0 atom stereocenters. The lowest BCUT2D eigenvalue weighted by Crippen LogP contribution is -2.25. The molecule has 1 aliphatic heterocycles. The summed E-state index contributed by atoms with van der Waals surface area (Å²) in [5.74, 6) is 2.17. The van der Waals surface area contributed by atoms with Crippen LogP contribution in [0.15, 0.2) is 66.7 Å². The third-order valence-corrected chi connectivity index (χ3v) is 7.50. The molecule has 38 heavy (non-hydrogen) atoms. The van der Waals surface area contributed by atoms with Gasteiger partial charge in [-0.2, -0.15) is 0 Å². The number of carbonyl (C=O) groups is 1. The first-order valence-electron chi connectivity index (χ1n) is 13.5. The molecule has 3 aromatic carbocycles. The van der Waals surface area contributed by atoms with Gasteiger partial charge in [0.15, 0.2) is 0 Å². The highest BCUT2D eigenvalue weighted by atomic mass is 16.5. The van der Waals surface area contributed by atoms with Gasteiger partial charge in [0.1, 0.15) is 29.2 Å². The molecule has 6 rings (SSSR count). The van der Waals surface area contributed by atoms with Crippen LogP contribution in [0.4, 0.5) is 0 Å². The van der Waals surface area contributed by atoms with Crippen LogP contribution < -0.4 is 9.47 Å². The smallest absolute Gasteiger partial charge is 0.335 e. The number of benzene rings is 3. The average molecular weight is 513 g/mol. The summed E-state index contributed by atoms with van der Waals surface area (Å²) in [4.78, 5) is 16.5. The molecule has 0 amide bonds. The monoisotopic (exact) mass is 512 g/mol. The van der Waals surface area contributed by atoms with Gasteiger partial charge in [0.05, 0.1) is 29.8 Å². The normalized spacial score (nSPS) is 16.9. The number of carboxylic acid groups (broad SMARTS) is 1. The quantitative estimate of drug-likeness (QED) is 0.281. The molecular formula is C31H32N2O5. The van der Waals surface area contributed by atoms with Crippen LogP contribution in [0.2, 0.25) is 0 Å². The van der Waals surface area contributed by atoms with E-state index in [0.29, 0.717) is 11.6 Å². The number of nitrogens with zero attached hydrogens (tertiary/aromatic N) is 2. The second-order valence-corrected chi connectivity index (χ2v) is 10.1. The Morgan fingerprint density at radius 1 is 0.868 bits per heavy atom. The minimum atomic E-state index is -0.940. The molecule has 0 bridgehead atoms. The van der Waals surface area contributed by atoms with Crippen LogP contribution >= 0.6 is 0 Å². The Morgan fingerprint density at radius 3 is 2.39 bits per heavy atom. The summed E-state index contributed by atoms with van der Waals surface area (Å²) < 4.78 is 20.0. The van der Waals surface area contributed by atoms with Gasteiger partial charge in [0.25, 0.3) is 0 Å². The first kappa shape index (κ1) is 24.5. The molecule has 1 N–H and O–H groups in total. The van der Waals surface area contributed by atoms with E-state index in [1.54, 1.807) is 12.1 Å². The van der Waals surface area contributed by atoms with Crippen molar-refractivity contribution in [2.45, 2.75) is 57.1 Å². The number of fused-ring (bicyclic) bond motifs is 1. The third-order valence-electron chi connectivity index (χ3n) is 7.50. The van der Waals surface area contributed by atoms with Gasteiger partial charge in [0.2, 0.25) is 0 Å². The SMILES string of the molecule is O=C(O)c1ccc2c(c1)nc(-c1ccc(Oc3cccc(OC4CCOCC4)c3)cc1)n2C1CCCCC1. The summed E-state index contributed by atoms with van der Waals surface area (Å²) in [7, 11) is 0. The number of hydrogen-bond donors (Lipinski definition) is 1. The Labute approximate surface area is 222 Å². The maximum atomic E-state index is 11.6. The van der Waals surface area contributed by atoms with Crippen LogP contribution in [0.5, 0.6) is 17.2 Å². The number of rotatable bonds is 7. The molecular weight excluding hydrogens is 480 g/mol. The minimum absolute atomic E-state index is 0.174. The summed E-state index contributed by atoms with van der Waals surface area (Å²) in [6.45, 7) is 1.48. The first-order chi connectivity index (χ1) is 18.6. The van der Waals surface area contributed by atoms with Gasteiger partial charge in [0, 0.05) is 30.5 Å². The van der Waals surface area contributed by atoms with Crippen molar-refractivity contribution >= 4 is 17.0 Å². The molecule has 0 radical (unpaired) electrons. The zero-order valence-corrected chi connectivity index (χ0v) is 21.3. The molecule has 0 spiro atoms. The zero-order chi connectivity index (χ0) is 25.9. The Hall–Kier alpha value is -3.84. The number of aromatic carboxylic acids is 1. The van der Waals surface area contributed by atoms with Gasteiger partial charge >= 0.3 is 5.97 Å². The number of aromatic nitrogens is 2. The van der Waals surface area contributed by atoms with Crippen molar-refractivity contribution < 1.29 is 24.1 Å². The largest absolute Gasteiger partial charge is 0.490 e. The van der Waals surface area contributed by atoms with Crippen molar-refractivity contribution in [3.05, 3.63) is 72.3 Å². The lowest BCUT2D eigenvalue weighted by Gasteiger charge is -2.25. The van der Waals surface area contributed by atoms with E-state index in [9.17, 15) is 9.90 Å². The Balaban J connectivity index is 1.26. The van der Waals surface area contributed by atoms with Gasteiger partial charge in [-0.15, -0.1) is 0 Å². The second-order valence-electron chi connectivity index (χ2n) is 10.1. The Bertz CT molecular complexity index is 1420. The van der Waals surface area contributed by atoms with E-state index in [2.05, 4.69) is 4.57 Å². The zero-order valence-electron chi connectivity index (χ0n) is 21.3. The lowest BCUT2D eigenvalue weighted by molar-refractivity contribution is 0.0255. The summed E-state index contributed by atoms with van der Waals surface area (Å²) in [5.41, 5.74) is 2.93. The van der Waals surface area contributed by atoms with Crippen LogP contribution in [0.3, 0.4) is 0 Å². The van der Waals surface area contributed by atoms with E-state index >= 15 is 0 Å². The maximum Gasteiger partial charge on any atom is 0.335 e. The summed E-state index contributed by atoms with van der Waals surface area (Å²) in [5, 5.41) is 9.48. The van der Waals surface area contributed by atoms with Gasteiger partial charge in [-0.1, -0.05) is 25.3 Å². The lowest BCUT2D eigenvalue weighted by atomic mass is 9.95. The number of hydrogen-bond acceptors (Lipinski definition) is 5. The van der Waals surface area contributed by atoms with E-state index in [-0.39, 0.29) is 11.7 Å². The molecule has 1 saturated carbocycles. The second kappa shape index (κ2) is 10.9. The molecule has 2 aliphatic rings. The summed E-state index contributed by atoms with van der Waals surface area (Å²) in [6.07, 6.45) is 7.83. The number of imidazole rings is 1. The minimum Gasteiger partial charge on any atom is -0.490 e. The predicted molar refractivity (Wildman–Crippen MR) is 145 cm³/mol. The molecule has 4 aromatic rings. The first-order valence-corrected chi connectivity index (χ1v) is 13.5. The van der Waals surface area contributed by atoms with E-state index in [1.807, 2.05) is 54.6 Å². The van der Waals surface area contributed by atoms with Gasteiger partial charge < -0.3 is 23.9 Å². The van der Waals surface area contributed by atoms with Crippen molar-refractivity contribution in [2.75, 3.05) is 13.2 Å². The fourth-order valence-corrected chi connectivity index (χ4v) is 5.55. The van der Waals surface area contributed by atoms with Crippen LogP contribution in [0, 0.1) is 0 Å². The molecule has 7 heteroatoms. The van der Waals surface area contributed by atoms with Crippen LogP contribution in [-0.4, -0.2) is 39.9 Å². The Kier molecular flexibility index (Phi) is 7.01. The summed E-state index contributed by atoms with van der Waals surface area (Å²) in [6, 6.07) is 21.3. The fourth-order valence-electron chi connectivity index (χ4n) is 5.55. The van der Waals surface area contributed by atoms with Gasteiger partial charge in [-0.25, -0.2) is 9.78 Å². The average Bonchev–Trinajstić information content (AvgIpc) is 3.33. The van der Waals surface area contributed by atoms with E-state index in [0.717, 1.165) is 73.1 Å². The highest BCUT2D eigenvalue weighted by Gasteiger charge is 2.23. The predicted octanol–water partition coefficient (Wildman–Crippen LogP) is 7.26. The van der Waals surface area contributed by atoms with Crippen molar-refractivity contribution in [2.24, 2.45) is 0 Å². The standard InChI is InChI=1S/C31H32N2O5/c34-31(35)22-11-14-29-28(19-22)32-30(33(29)23-5-2-1-3-6-23)21-9-12-24(13-10-21)37-26-7-4-8-27(20-26)38-25-15-17-36-18-16-25/h4,7-14,19-20,23,25H,1-3,5-6,15-18H2,(H,34,35). The highest BCUT2D eigenvalue weighted by molar-refractivity contribution is 5.93. The van der Waals surface area contributed by atoms with E-state index in [1.165, 1.54) is 19.3 Å². The van der Waals surface area contributed by atoms with Crippen LogP contribution in [0.1, 0.15) is 61.3 Å². The van der Waals surface area contributed by atoms with Crippen molar-refractivity contribution in [1.29, 1.82) is 0 Å². The van der Waals surface area contributed by atoms with Gasteiger partial charge in [-0.3, -0.25) is 0 Å². The number of ether oxygens (including phenoxy) is 3. The van der Waals surface area contributed by atoms with Gasteiger partial charge in [-0.05, 0) is 67.4 Å². The van der Waals surface area contributed by atoms with Crippen LogP contribution in [0.25, 0.3) is 22.4 Å². The molecule has 1 aromatic heterocycles. The molecule has 7 nitrogen and oxygen atoms in total. The number of carboxylic acids is 1. The molecule has 0 unspecified atom stereocenters. The van der Waals surface area contributed by atoms with Crippen molar-refractivity contribution in [1.82, 2.24) is 9.55 Å². The molecule has 2 fully saturated rings. The van der Waals surface area contributed by atoms with E-state index in [4.69, 9.17) is 19.2 Å². The molecule has 2 heterocycles. The highest BCUT2D eigenvalue weighted by Crippen LogP contribution is 2.37. The Morgan fingerprint density at radius 2 is 1.63 bits per heavy atom. The summed E-state index contributed by atoms with van der Waals surface area (Å²) >= 11 is 0. The topological polar surface area (TPSA) is 82.8 Å². The van der Waals surface area contributed by atoms with E-state index < -0.39 is 5.97 Å². The van der Waals surface area contributed by atoms with Crippen molar-refractivity contribution in [3.8, 4) is 28.6 Å². The molecule has 1 saturated heterocycles. The molecule has 1 aliphatic carbocycles. The third kappa shape index (κ3) is 5.24. The fraction of sp³-hybridized carbons (Fsp3) is 0.355. The van der Waals surface area contributed by atoms with Crippen molar-refractivity contribution in [3.63, 3.8) is 0 Å². The maximum absolute atomic E-state index is 11.6.